The fraction of sp³-hybridized carbons (Fsp3) is 0.444. The second kappa shape index (κ2) is 17.4. The van der Waals surface area contributed by atoms with E-state index in [1.807, 2.05) is 91.0 Å². The number of carbonyl (C=O) groups is 2. The van der Waals surface area contributed by atoms with Crippen LogP contribution in [-0.4, -0.2) is 45.3 Å². The molecule has 7 heteroatoms. The van der Waals surface area contributed by atoms with Gasteiger partial charge in [0.2, 0.25) is 8.32 Å². The topological polar surface area (TPSA) is 71.1 Å². The van der Waals surface area contributed by atoms with E-state index in [1.54, 1.807) is 0 Å². The van der Waals surface area contributed by atoms with Crippen LogP contribution in [0, 0.1) is 0 Å². The molecule has 4 atom stereocenters. The van der Waals surface area contributed by atoms with Crippen LogP contribution in [0.2, 0.25) is 16.6 Å². The van der Waals surface area contributed by atoms with Crippen LogP contribution in [0.1, 0.15) is 58.2 Å². The molecule has 0 spiro atoms. The molecule has 0 radical (unpaired) electrons. The first-order valence-corrected chi connectivity index (χ1v) is 17.4. The number of carbonyl (C=O) groups excluding carboxylic acids is 2. The first kappa shape index (κ1) is 34.5. The molecule has 0 N–H and O–H groups in total. The van der Waals surface area contributed by atoms with Gasteiger partial charge in [0.25, 0.3) is 0 Å². The number of rotatable bonds is 19. The lowest BCUT2D eigenvalue weighted by atomic mass is 10.0. The molecule has 232 valence electrons. The molecule has 0 fully saturated rings. The monoisotopic (exact) mass is 604 g/mol. The molecule has 3 aromatic carbocycles. The summed E-state index contributed by atoms with van der Waals surface area (Å²) in [4.78, 5) is 25.7. The fourth-order valence-corrected chi connectivity index (χ4v) is 11.6. The lowest BCUT2D eigenvalue weighted by Crippen LogP contribution is -2.57. The van der Waals surface area contributed by atoms with Crippen LogP contribution in [0.3, 0.4) is 0 Å². The lowest BCUT2D eigenvalue weighted by Gasteiger charge is -2.46. The van der Waals surface area contributed by atoms with Crippen molar-refractivity contribution in [3.05, 3.63) is 108 Å². The normalized spacial score (nSPS) is 14.9. The van der Waals surface area contributed by atoms with E-state index in [-0.39, 0.29) is 36.4 Å². The molecular formula is C36H48O6Si. The van der Waals surface area contributed by atoms with Gasteiger partial charge in [-0.1, -0.05) is 133 Å². The second-order valence-corrected chi connectivity index (χ2v) is 17.4. The molecule has 3 rings (SSSR count). The molecule has 0 unspecified atom stereocenters. The Bertz CT molecular complexity index is 1180. The third-order valence-electron chi connectivity index (χ3n) is 8.14. The van der Waals surface area contributed by atoms with E-state index >= 15 is 0 Å². The Morgan fingerprint density at radius 3 is 1.16 bits per heavy atom. The Balaban J connectivity index is 2.04. The molecule has 0 saturated carbocycles. The molecular weight excluding hydrogens is 556 g/mol. The van der Waals surface area contributed by atoms with Crippen LogP contribution in [0.25, 0.3) is 0 Å². The minimum Gasteiger partial charge on any atom is -0.404 e. The quantitative estimate of drug-likeness (QED) is 0.103. The lowest BCUT2D eigenvalue weighted by molar-refractivity contribution is -0.177. The summed E-state index contributed by atoms with van der Waals surface area (Å²) in [5.41, 5.74) is 3.51. The highest BCUT2D eigenvalue weighted by Crippen LogP contribution is 2.43. The molecule has 0 aliphatic carbocycles. The number of hydrogen-bond acceptors (Lipinski definition) is 6. The van der Waals surface area contributed by atoms with E-state index in [1.165, 1.54) is 0 Å². The van der Waals surface area contributed by atoms with Gasteiger partial charge in [0, 0.05) is 0 Å². The zero-order valence-corrected chi connectivity index (χ0v) is 27.4. The van der Waals surface area contributed by atoms with E-state index in [0.717, 1.165) is 29.3 Å². The predicted octanol–water partition coefficient (Wildman–Crippen LogP) is 7.70. The zero-order valence-electron chi connectivity index (χ0n) is 26.4. The fourth-order valence-electron chi connectivity index (χ4n) is 6.08. The molecule has 3 aromatic rings. The van der Waals surface area contributed by atoms with Crippen molar-refractivity contribution in [3.63, 3.8) is 0 Å². The molecule has 0 saturated heterocycles. The van der Waals surface area contributed by atoms with Crippen LogP contribution < -0.4 is 0 Å². The van der Waals surface area contributed by atoms with Gasteiger partial charge in [-0.25, -0.2) is 0 Å². The summed E-state index contributed by atoms with van der Waals surface area (Å²) < 4.78 is 26.3. The summed E-state index contributed by atoms with van der Waals surface area (Å²) in [5.74, 6) is 0. The molecule has 0 aromatic heterocycles. The Hall–Kier alpha value is -2.94. The van der Waals surface area contributed by atoms with Gasteiger partial charge in [0.15, 0.2) is 6.29 Å². The first-order chi connectivity index (χ1) is 20.7. The summed E-state index contributed by atoms with van der Waals surface area (Å²) in [6.45, 7) is 13.7. The SMILES string of the molecule is CC(C)[Si](O[C@@H](C=O)[C@@H](OCc1ccccc1)[C@H](OCc1ccccc1)[C@H](C=O)OCc1ccccc1)(C(C)C)C(C)C. The number of aldehydes is 2. The smallest absolute Gasteiger partial charge is 0.201 e. The highest BCUT2D eigenvalue weighted by Gasteiger charge is 2.49. The van der Waals surface area contributed by atoms with E-state index in [9.17, 15) is 9.59 Å². The summed E-state index contributed by atoms with van der Waals surface area (Å²) in [5, 5.41) is 0. The summed E-state index contributed by atoms with van der Waals surface area (Å²) >= 11 is 0. The molecule has 43 heavy (non-hydrogen) atoms. The summed E-state index contributed by atoms with van der Waals surface area (Å²) in [7, 11) is -2.53. The van der Waals surface area contributed by atoms with Crippen molar-refractivity contribution in [2.75, 3.05) is 0 Å². The van der Waals surface area contributed by atoms with Crippen molar-refractivity contribution in [3.8, 4) is 0 Å². The summed E-state index contributed by atoms with van der Waals surface area (Å²) in [6.07, 6.45) is -2.23. The van der Waals surface area contributed by atoms with Crippen molar-refractivity contribution in [2.45, 2.75) is 102 Å². The average molecular weight is 605 g/mol. The second-order valence-electron chi connectivity index (χ2n) is 12.0. The van der Waals surface area contributed by atoms with Gasteiger partial charge in [-0.2, -0.15) is 0 Å². The Labute approximate surface area is 258 Å². The maximum Gasteiger partial charge on any atom is 0.201 e. The van der Waals surface area contributed by atoms with Gasteiger partial charge in [0.05, 0.1) is 19.8 Å². The van der Waals surface area contributed by atoms with Gasteiger partial charge in [-0.3, -0.25) is 0 Å². The minimum atomic E-state index is -2.53. The average Bonchev–Trinajstić information content (AvgIpc) is 3.01. The van der Waals surface area contributed by atoms with Crippen molar-refractivity contribution in [2.24, 2.45) is 0 Å². The first-order valence-electron chi connectivity index (χ1n) is 15.3. The zero-order chi connectivity index (χ0) is 31.2. The van der Waals surface area contributed by atoms with E-state index in [2.05, 4.69) is 41.5 Å². The van der Waals surface area contributed by atoms with Crippen LogP contribution in [0.5, 0.6) is 0 Å². The Morgan fingerprint density at radius 1 is 0.512 bits per heavy atom. The highest BCUT2D eigenvalue weighted by atomic mass is 28.4. The minimum absolute atomic E-state index is 0.204. The van der Waals surface area contributed by atoms with Gasteiger partial charge in [-0.05, 0) is 33.3 Å². The third kappa shape index (κ3) is 9.52. The van der Waals surface area contributed by atoms with Crippen molar-refractivity contribution in [1.29, 1.82) is 0 Å². The Morgan fingerprint density at radius 2 is 0.837 bits per heavy atom. The van der Waals surface area contributed by atoms with Crippen LogP contribution in [-0.2, 0) is 48.0 Å². The maximum absolute atomic E-state index is 13.0. The number of ether oxygens (including phenoxy) is 3. The number of benzene rings is 3. The van der Waals surface area contributed by atoms with E-state index in [4.69, 9.17) is 18.6 Å². The van der Waals surface area contributed by atoms with Gasteiger partial charge >= 0.3 is 0 Å². The van der Waals surface area contributed by atoms with Crippen LogP contribution in [0.4, 0.5) is 0 Å². The molecule has 6 nitrogen and oxygen atoms in total. The van der Waals surface area contributed by atoms with E-state index in [0.29, 0.717) is 0 Å². The molecule has 0 amide bonds. The highest BCUT2D eigenvalue weighted by molar-refractivity contribution is 6.77. The van der Waals surface area contributed by atoms with Gasteiger partial charge in [-0.15, -0.1) is 0 Å². The molecule has 0 heterocycles. The maximum atomic E-state index is 13.0. The van der Waals surface area contributed by atoms with Crippen molar-refractivity contribution in [1.82, 2.24) is 0 Å². The van der Waals surface area contributed by atoms with Crippen LogP contribution in [0.15, 0.2) is 91.0 Å². The van der Waals surface area contributed by atoms with E-state index < -0.39 is 32.7 Å². The van der Waals surface area contributed by atoms with Gasteiger partial charge in [0.1, 0.15) is 30.7 Å². The standard InChI is InChI=1S/C36H48O6Si/c1-27(2)43(28(3)4,29(5)6)42-34(23-38)36(41-26-32-20-14-9-15-21-32)35(40-25-31-18-12-8-13-19-31)33(22-37)39-24-30-16-10-7-11-17-30/h7-23,27-29,33-36H,24-26H2,1-6H3/t33-,34-,35+,36+/m0/s1. The molecule has 0 aliphatic rings. The van der Waals surface area contributed by atoms with Crippen molar-refractivity contribution >= 4 is 20.9 Å². The largest absolute Gasteiger partial charge is 0.404 e. The van der Waals surface area contributed by atoms with Crippen LogP contribution >= 0.6 is 0 Å². The third-order valence-corrected chi connectivity index (χ3v) is 14.2. The van der Waals surface area contributed by atoms with Crippen molar-refractivity contribution < 1.29 is 28.2 Å². The summed E-state index contributed by atoms with van der Waals surface area (Å²) in [6, 6.07) is 29.1. The van der Waals surface area contributed by atoms with Gasteiger partial charge < -0.3 is 28.2 Å². The Kier molecular flexibility index (Phi) is 14.0. The molecule has 0 aliphatic heterocycles. The predicted molar refractivity (Wildman–Crippen MR) is 173 cm³/mol. The number of hydrogen-bond donors (Lipinski definition) is 0. The molecule has 0 bridgehead atoms.